The summed E-state index contributed by atoms with van der Waals surface area (Å²) in [5.41, 5.74) is 2.49. The van der Waals surface area contributed by atoms with Crippen LogP contribution in [0.15, 0.2) is 36.7 Å². The van der Waals surface area contributed by atoms with Gasteiger partial charge >= 0.3 is 0 Å². The molecule has 8 heteroatoms. The van der Waals surface area contributed by atoms with Crippen LogP contribution >= 0.6 is 12.4 Å². The number of carbonyl (C=O) groups excluding carboxylic acids is 2. The van der Waals surface area contributed by atoms with E-state index in [-0.39, 0.29) is 36.1 Å². The van der Waals surface area contributed by atoms with Crippen LogP contribution in [0.4, 0.5) is 11.4 Å². The monoisotopic (exact) mass is 363 g/mol. The van der Waals surface area contributed by atoms with Gasteiger partial charge < -0.3 is 16.0 Å². The van der Waals surface area contributed by atoms with Gasteiger partial charge in [0.05, 0.1) is 12.1 Å². The largest absolute Gasteiger partial charge is 0.326 e. The van der Waals surface area contributed by atoms with Crippen LogP contribution < -0.4 is 16.0 Å². The number of anilines is 2. The first-order chi connectivity index (χ1) is 11.5. The van der Waals surface area contributed by atoms with Crippen molar-refractivity contribution in [1.29, 1.82) is 0 Å². The molecule has 1 aromatic heterocycles. The van der Waals surface area contributed by atoms with Gasteiger partial charge in [0.15, 0.2) is 0 Å². The van der Waals surface area contributed by atoms with Crippen LogP contribution in [0.5, 0.6) is 0 Å². The molecule has 0 spiro atoms. The number of amides is 2. The zero-order valence-electron chi connectivity index (χ0n) is 14.2. The average Bonchev–Trinajstić information content (AvgIpc) is 3.17. The van der Waals surface area contributed by atoms with Crippen molar-refractivity contribution in [2.45, 2.75) is 12.8 Å². The zero-order valence-corrected chi connectivity index (χ0v) is 15.0. The topological polar surface area (TPSA) is 88.1 Å². The number of halogens is 1. The highest BCUT2D eigenvalue weighted by atomic mass is 35.5. The van der Waals surface area contributed by atoms with E-state index in [9.17, 15) is 9.59 Å². The van der Waals surface area contributed by atoms with E-state index in [0.29, 0.717) is 17.9 Å². The summed E-state index contributed by atoms with van der Waals surface area (Å²) in [4.78, 5) is 23.6. The first-order valence-electron chi connectivity index (χ1n) is 7.90. The molecule has 0 bridgehead atoms. The van der Waals surface area contributed by atoms with Crippen molar-refractivity contribution in [2.75, 3.05) is 23.7 Å². The third kappa shape index (κ3) is 4.58. The number of nitrogens with one attached hydrogen (secondary N) is 3. The number of hydrogen-bond donors (Lipinski definition) is 3. The molecule has 1 aliphatic heterocycles. The third-order valence-electron chi connectivity index (χ3n) is 4.18. The summed E-state index contributed by atoms with van der Waals surface area (Å²) < 4.78 is 1.75. The van der Waals surface area contributed by atoms with Gasteiger partial charge in [0.1, 0.15) is 0 Å². The van der Waals surface area contributed by atoms with E-state index in [2.05, 4.69) is 21.0 Å². The van der Waals surface area contributed by atoms with Crippen LogP contribution in [-0.2, 0) is 16.6 Å². The van der Waals surface area contributed by atoms with Gasteiger partial charge in [0.2, 0.25) is 11.8 Å². The number of carbonyl (C=O) groups is 2. The number of benzene rings is 1. The van der Waals surface area contributed by atoms with Gasteiger partial charge in [0, 0.05) is 50.6 Å². The van der Waals surface area contributed by atoms with E-state index in [1.165, 1.54) is 6.92 Å². The molecule has 2 heterocycles. The summed E-state index contributed by atoms with van der Waals surface area (Å²) in [6.07, 6.45) is 3.78. The maximum atomic E-state index is 12.6. The molecule has 3 rings (SSSR count). The number of hydrogen-bond acceptors (Lipinski definition) is 4. The molecule has 2 amide bonds. The summed E-state index contributed by atoms with van der Waals surface area (Å²) >= 11 is 0. The number of aromatic nitrogens is 2. The predicted octanol–water partition coefficient (Wildman–Crippen LogP) is 1.74. The van der Waals surface area contributed by atoms with Crippen LogP contribution in [0.25, 0.3) is 0 Å². The maximum absolute atomic E-state index is 12.6. The lowest BCUT2D eigenvalue weighted by atomic mass is 9.90. The molecule has 2 aromatic rings. The normalized spacial score (nSPS) is 19.1. The van der Waals surface area contributed by atoms with Crippen molar-refractivity contribution in [3.8, 4) is 0 Å². The Kier molecular flexibility index (Phi) is 6.17. The van der Waals surface area contributed by atoms with E-state index in [0.717, 1.165) is 12.1 Å². The SMILES string of the molecule is CC(=O)Nc1ccc(NC(=O)[C@H]2CNC[C@@H]2c2cnn(C)c2)cc1.Cl. The lowest BCUT2D eigenvalue weighted by molar-refractivity contribution is -0.119. The molecule has 2 atom stereocenters. The lowest BCUT2D eigenvalue weighted by Gasteiger charge is -2.17. The fourth-order valence-corrected chi connectivity index (χ4v) is 3.01. The minimum absolute atomic E-state index is 0. The van der Waals surface area contributed by atoms with Gasteiger partial charge in [-0.15, -0.1) is 12.4 Å². The van der Waals surface area contributed by atoms with Crippen LogP contribution in [0.3, 0.4) is 0 Å². The Morgan fingerprint density at radius 2 is 1.80 bits per heavy atom. The van der Waals surface area contributed by atoms with Gasteiger partial charge in [-0.05, 0) is 29.8 Å². The van der Waals surface area contributed by atoms with Crippen LogP contribution in [-0.4, -0.2) is 34.7 Å². The van der Waals surface area contributed by atoms with Crippen molar-refractivity contribution in [3.05, 3.63) is 42.2 Å². The van der Waals surface area contributed by atoms with Crippen LogP contribution in [0, 0.1) is 5.92 Å². The molecule has 3 N–H and O–H groups in total. The molecule has 0 radical (unpaired) electrons. The van der Waals surface area contributed by atoms with Gasteiger partial charge in [-0.3, -0.25) is 14.3 Å². The van der Waals surface area contributed by atoms with Crippen molar-refractivity contribution < 1.29 is 9.59 Å². The van der Waals surface area contributed by atoms with Crippen LogP contribution in [0.2, 0.25) is 0 Å². The summed E-state index contributed by atoms with van der Waals surface area (Å²) in [5.74, 6) is -0.147. The highest BCUT2D eigenvalue weighted by Gasteiger charge is 2.34. The Morgan fingerprint density at radius 1 is 1.16 bits per heavy atom. The molecule has 0 aliphatic carbocycles. The molecule has 134 valence electrons. The summed E-state index contributed by atoms with van der Waals surface area (Å²) in [7, 11) is 1.87. The number of rotatable bonds is 4. The van der Waals surface area contributed by atoms with Gasteiger partial charge in [-0.25, -0.2) is 0 Å². The average molecular weight is 364 g/mol. The standard InChI is InChI=1S/C17H21N5O2.ClH/c1-11(23)20-13-3-5-14(6-4-13)21-17(24)16-9-18-8-15(16)12-7-19-22(2)10-12;/h3-7,10,15-16,18H,8-9H2,1-2H3,(H,20,23)(H,21,24);1H/t15-,16+;/m1./s1. The minimum Gasteiger partial charge on any atom is -0.326 e. The molecule has 1 aliphatic rings. The number of aryl methyl sites for hydroxylation is 1. The highest BCUT2D eigenvalue weighted by Crippen LogP contribution is 2.29. The second kappa shape index (κ2) is 8.13. The highest BCUT2D eigenvalue weighted by molar-refractivity contribution is 5.94. The molecule has 1 fully saturated rings. The predicted molar refractivity (Wildman–Crippen MR) is 98.9 cm³/mol. The van der Waals surface area contributed by atoms with E-state index in [4.69, 9.17) is 0 Å². The summed E-state index contributed by atoms with van der Waals surface area (Å²) in [6.45, 7) is 2.88. The minimum atomic E-state index is -0.135. The van der Waals surface area contributed by atoms with Crippen molar-refractivity contribution >= 4 is 35.6 Å². The molecular formula is C17H22ClN5O2. The van der Waals surface area contributed by atoms with Crippen molar-refractivity contribution in [3.63, 3.8) is 0 Å². The summed E-state index contributed by atoms with van der Waals surface area (Å²) in [6, 6.07) is 7.10. The van der Waals surface area contributed by atoms with E-state index in [1.807, 2.05) is 19.4 Å². The van der Waals surface area contributed by atoms with Crippen LogP contribution in [0.1, 0.15) is 18.4 Å². The second-order valence-corrected chi connectivity index (χ2v) is 6.07. The van der Waals surface area contributed by atoms with Crippen molar-refractivity contribution in [1.82, 2.24) is 15.1 Å². The van der Waals surface area contributed by atoms with E-state index in [1.54, 1.807) is 28.9 Å². The Labute approximate surface area is 152 Å². The first-order valence-corrected chi connectivity index (χ1v) is 7.90. The summed E-state index contributed by atoms with van der Waals surface area (Å²) in [5, 5.41) is 13.1. The fourth-order valence-electron chi connectivity index (χ4n) is 3.01. The fraction of sp³-hybridized carbons (Fsp3) is 0.353. The maximum Gasteiger partial charge on any atom is 0.229 e. The molecule has 25 heavy (non-hydrogen) atoms. The molecule has 0 unspecified atom stereocenters. The smallest absolute Gasteiger partial charge is 0.229 e. The molecule has 0 saturated carbocycles. The van der Waals surface area contributed by atoms with Crippen molar-refractivity contribution in [2.24, 2.45) is 13.0 Å². The second-order valence-electron chi connectivity index (χ2n) is 6.07. The van der Waals surface area contributed by atoms with Gasteiger partial charge in [0.25, 0.3) is 0 Å². The first kappa shape index (κ1) is 19.0. The third-order valence-corrected chi connectivity index (χ3v) is 4.18. The zero-order chi connectivity index (χ0) is 17.1. The Hall–Kier alpha value is -2.38. The van der Waals surface area contributed by atoms with Gasteiger partial charge in [-0.2, -0.15) is 5.10 Å². The lowest BCUT2D eigenvalue weighted by Crippen LogP contribution is -2.28. The molecule has 1 saturated heterocycles. The van der Waals surface area contributed by atoms with Gasteiger partial charge in [-0.1, -0.05) is 0 Å². The number of nitrogens with zero attached hydrogens (tertiary/aromatic N) is 2. The van der Waals surface area contributed by atoms with E-state index < -0.39 is 0 Å². The molecular weight excluding hydrogens is 342 g/mol. The Morgan fingerprint density at radius 3 is 2.36 bits per heavy atom. The molecule has 7 nitrogen and oxygen atoms in total. The molecule has 1 aromatic carbocycles. The quantitative estimate of drug-likeness (QED) is 0.772. The Bertz CT molecular complexity index is 744. The Balaban J connectivity index is 0.00000225. The van der Waals surface area contributed by atoms with E-state index >= 15 is 0 Å².